The third-order valence-electron chi connectivity index (χ3n) is 3.70. The third-order valence-corrected chi connectivity index (χ3v) is 5.35. The molecule has 1 amide bonds. The van der Waals surface area contributed by atoms with Crippen molar-refractivity contribution in [3.8, 4) is 11.5 Å². The molecule has 0 aromatic heterocycles. The van der Waals surface area contributed by atoms with Gasteiger partial charge in [0.2, 0.25) is 10.0 Å². The van der Waals surface area contributed by atoms with E-state index in [-0.39, 0.29) is 29.0 Å². The first kappa shape index (κ1) is 20.7. The number of nitrogens with one attached hydrogen (secondary N) is 2. The minimum atomic E-state index is -3.66. The maximum absolute atomic E-state index is 12.4. The van der Waals surface area contributed by atoms with Gasteiger partial charge in [-0.15, -0.1) is 0 Å². The fraction of sp³-hybridized carbons (Fsp3) is 0.316. The monoisotopic (exact) mass is 392 g/mol. The average molecular weight is 392 g/mol. The first-order chi connectivity index (χ1) is 12.8. The SMILES string of the molecule is COc1ccc(CNC(=O)c2cccc(S(=O)(=O)NC(C)C)c2)cc1OC. The molecule has 7 nitrogen and oxygen atoms in total. The van der Waals surface area contributed by atoms with E-state index in [0.29, 0.717) is 11.5 Å². The van der Waals surface area contributed by atoms with Gasteiger partial charge < -0.3 is 14.8 Å². The van der Waals surface area contributed by atoms with Crippen LogP contribution in [-0.2, 0) is 16.6 Å². The smallest absolute Gasteiger partial charge is 0.251 e. The molecule has 146 valence electrons. The summed E-state index contributed by atoms with van der Waals surface area (Å²) in [7, 11) is -0.571. The normalized spacial score (nSPS) is 11.3. The minimum absolute atomic E-state index is 0.0509. The van der Waals surface area contributed by atoms with E-state index in [0.717, 1.165) is 5.56 Å². The van der Waals surface area contributed by atoms with Crippen LogP contribution in [0.15, 0.2) is 47.4 Å². The lowest BCUT2D eigenvalue weighted by Gasteiger charge is -2.12. The van der Waals surface area contributed by atoms with Crippen molar-refractivity contribution in [1.29, 1.82) is 0 Å². The van der Waals surface area contributed by atoms with Gasteiger partial charge in [0.05, 0.1) is 19.1 Å². The Morgan fingerprint density at radius 1 is 1.04 bits per heavy atom. The number of amides is 1. The van der Waals surface area contributed by atoms with Crippen LogP contribution in [0.3, 0.4) is 0 Å². The maximum atomic E-state index is 12.4. The van der Waals surface area contributed by atoms with E-state index < -0.39 is 10.0 Å². The summed E-state index contributed by atoms with van der Waals surface area (Å²) in [4.78, 5) is 12.5. The van der Waals surface area contributed by atoms with Crippen LogP contribution in [0.5, 0.6) is 11.5 Å². The molecule has 0 aliphatic heterocycles. The Hall–Kier alpha value is -2.58. The van der Waals surface area contributed by atoms with Crippen molar-refractivity contribution in [2.45, 2.75) is 31.3 Å². The summed E-state index contributed by atoms with van der Waals surface area (Å²) < 4.78 is 37.4. The van der Waals surface area contributed by atoms with Crippen molar-refractivity contribution in [2.24, 2.45) is 0 Å². The van der Waals surface area contributed by atoms with Crippen LogP contribution in [0.25, 0.3) is 0 Å². The van der Waals surface area contributed by atoms with Crippen LogP contribution < -0.4 is 19.5 Å². The lowest BCUT2D eigenvalue weighted by atomic mass is 10.1. The van der Waals surface area contributed by atoms with Gasteiger partial charge in [-0.25, -0.2) is 13.1 Å². The molecular formula is C19H24N2O5S. The van der Waals surface area contributed by atoms with Gasteiger partial charge in [0.1, 0.15) is 0 Å². The maximum Gasteiger partial charge on any atom is 0.251 e. The van der Waals surface area contributed by atoms with E-state index >= 15 is 0 Å². The van der Waals surface area contributed by atoms with Gasteiger partial charge in [-0.3, -0.25) is 4.79 Å². The zero-order valence-electron chi connectivity index (χ0n) is 15.8. The van der Waals surface area contributed by atoms with Crippen molar-refractivity contribution in [1.82, 2.24) is 10.0 Å². The van der Waals surface area contributed by atoms with Crippen LogP contribution >= 0.6 is 0 Å². The number of carbonyl (C=O) groups is 1. The summed E-state index contributed by atoms with van der Waals surface area (Å²) in [5, 5.41) is 2.77. The number of benzene rings is 2. The molecule has 27 heavy (non-hydrogen) atoms. The Morgan fingerprint density at radius 3 is 2.37 bits per heavy atom. The van der Waals surface area contributed by atoms with Crippen LogP contribution in [0.1, 0.15) is 29.8 Å². The Kier molecular flexibility index (Phi) is 6.81. The second kappa shape index (κ2) is 8.88. The van der Waals surface area contributed by atoms with Crippen molar-refractivity contribution in [3.05, 3.63) is 53.6 Å². The van der Waals surface area contributed by atoms with Crippen LogP contribution in [0.4, 0.5) is 0 Å². The first-order valence-electron chi connectivity index (χ1n) is 8.38. The average Bonchev–Trinajstić information content (AvgIpc) is 2.64. The van der Waals surface area contributed by atoms with Crippen molar-refractivity contribution in [3.63, 3.8) is 0 Å². The van der Waals surface area contributed by atoms with Crippen molar-refractivity contribution < 1.29 is 22.7 Å². The Morgan fingerprint density at radius 2 is 1.74 bits per heavy atom. The molecule has 0 atom stereocenters. The van der Waals surface area contributed by atoms with Gasteiger partial charge in [-0.05, 0) is 49.7 Å². The summed E-state index contributed by atoms with van der Waals surface area (Å²) in [6.45, 7) is 3.73. The second-order valence-electron chi connectivity index (χ2n) is 6.18. The fourth-order valence-corrected chi connectivity index (χ4v) is 3.75. The molecule has 0 bridgehead atoms. The summed E-state index contributed by atoms with van der Waals surface area (Å²) in [5.41, 5.74) is 1.09. The van der Waals surface area contributed by atoms with E-state index in [1.54, 1.807) is 45.2 Å². The Labute approximate surface area is 159 Å². The molecule has 0 saturated carbocycles. The largest absolute Gasteiger partial charge is 0.493 e. The molecule has 0 heterocycles. The van der Waals surface area contributed by atoms with Crippen molar-refractivity contribution >= 4 is 15.9 Å². The highest BCUT2D eigenvalue weighted by molar-refractivity contribution is 7.89. The van der Waals surface area contributed by atoms with Crippen LogP contribution in [-0.4, -0.2) is 34.6 Å². The molecule has 0 aliphatic carbocycles. The zero-order valence-corrected chi connectivity index (χ0v) is 16.6. The predicted octanol–water partition coefficient (Wildman–Crippen LogP) is 2.32. The number of rotatable bonds is 8. The van der Waals surface area contributed by atoms with Crippen LogP contribution in [0, 0.1) is 0 Å². The molecule has 2 aromatic rings. The van der Waals surface area contributed by atoms with E-state index in [1.807, 2.05) is 6.07 Å². The quantitative estimate of drug-likeness (QED) is 0.719. The number of hydrogen-bond donors (Lipinski definition) is 2. The molecule has 2 N–H and O–H groups in total. The molecular weight excluding hydrogens is 368 g/mol. The highest BCUT2D eigenvalue weighted by Gasteiger charge is 2.17. The number of carbonyl (C=O) groups excluding carboxylic acids is 1. The third kappa shape index (κ3) is 5.45. The lowest BCUT2D eigenvalue weighted by Crippen LogP contribution is -2.30. The topological polar surface area (TPSA) is 93.7 Å². The van der Waals surface area contributed by atoms with Gasteiger partial charge in [-0.2, -0.15) is 0 Å². The van der Waals surface area contributed by atoms with Crippen molar-refractivity contribution in [2.75, 3.05) is 14.2 Å². The summed E-state index contributed by atoms with van der Waals surface area (Å²) in [5.74, 6) is 0.798. The molecule has 2 aromatic carbocycles. The Bertz CT molecular complexity index is 910. The number of ether oxygens (including phenoxy) is 2. The van der Waals surface area contributed by atoms with Gasteiger partial charge >= 0.3 is 0 Å². The van der Waals surface area contributed by atoms with Gasteiger partial charge in [0.25, 0.3) is 5.91 Å². The molecule has 2 rings (SSSR count). The van der Waals surface area contributed by atoms with E-state index in [2.05, 4.69) is 10.0 Å². The molecule has 0 unspecified atom stereocenters. The number of hydrogen-bond acceptors (Lipinski definition) is 5. The highest BCUT2D eigenvalue weighted by Crippen LogP contribution is 2.27. The molecule has 0 spiro atoms. The van der Waals surface area contributed by atoms with Crippen LogP contribution in [0.2, 0.25) is 0 Å². The number of sulfonamides is 1. The predicted molar refractivity (Wildman–Crippen MR) is 103 cm³/mol. The van der Waals surface area contributed by atoms with Gasteiger partial charge in [-0.1, -0.05) is 12.1 Å². The molecule has 0 aliphatic rings. The van der Waals surface area contributed by atoms with Gasteiger partial charge in [0.15, 0.2) is 11.5 Å². The van der Waals surface area contributed by atoms with E-state index in [4.69, 9.17) is 9.47 Å². The second-order valence-corrected chi connectivity index (χ2v) is 7.89. The standard InChI is InChI=1S/C19H24N2O5S/c1-13(2)21-27(23,24)16-7-5-6-15(11-16)19(22)20-12-14-8-9-17(25-3)18(10-14)26-4/h5-11,13,21H,12H2,1-4H3,(H,20,22). The van der Waals surface area contributed by atoms with E-state index in [1.165, 1.54) is 19.2 Å². The molecule has 0 fully saturated rings. The van der Waals surface area contributed by atoms with E-state index in [9.17, 15) is 13.2 Å². The summed E-state index contributed by atoms with van der Waals surface area (Å²) in [6.07, 6.45) is 0. The first-order valence-corrected chi connectivity index (χ1v) is 9.86. The summed E-state index contributed by atoms with van der Waals surface area (Å²) in [6, 6.07) is 11.0. The zero-order chi connectivity index (χ0) is 20.0. The van der Waals surface area contributed by atoms with Gasteiger partial charge in [0, 0.05) is 18.2 Å². The number of methoxy groups -OCH3 is 2. The molecule has 0 radical (unpaired) electrons. The summed E-state index contributed by atoms with van der Waals surface area (Å²) >= 11 is 0. The minimum Gasteiger partial charge on any atom is -0.493 e. The molecule has 8 heteroatoms. The Balaban J connectivity index is 2.12. The highest BCUT2D eigenvalue weighted by atomic mass is 32.2. The fourth-order valence-electron chi connectivity index (χ4n) is 2.46. The molecule has 0 saturated heterocycles. The lowest BCUT2D eigenvalue weighted by molar-refractivity contribution is 0.0950.